The van der Waals surface area contributed by atoms with Gasteiger partial charge in [0.05, 0.1) is 0 Å². The Bertz CT molecular complexity index is 618. The van der Waals surface area contributed by atoms with Gasteiger partial charge in [0, 0.05) is 45.7 Å². The lowest BCUT2D eigenvalue weighted by atomic mass is 9.98. The summed E-state index contributed by atoms with van der Waals surface area (Å²) in [6.45, 7) is 12.6. The quantitative estimate of drug-likeness (QED) is 0.320. The van der Waals surface area contributed by atoms with Gasteiger partial charge in [-0.25, -0.2) is 9.79 Å². The van der Waals surface area contributed by atoms with E-state index in [1.165, 1.54) is 0 Å². The topological polar surface area (TPSA) is 86.3 Å². The Morgan fingerprint density at radius 1 is 1.20 bits per heavy atom. The van der Waals surface area contributed by atoms with Crippen LogP contribution in [0.3, 0.4) is 0 Å². The van der Waals surface area contributed by atoms with Crippen LogP contribution in [0.25, 0.3) is 0 Å². The van der Waals surface area contributed by atoms with E-state index < -0.39 is 5.60 Å². The van der Waals surface area contributed by atoms with Crippen LogP contribution in [0.1, 0.15) is 47.5 Å². The molecule has 3 unspecified atom stereocenters. The first kappa shape index (κ1) is 26.8. The number of alkyl carbamates (subject to hydrolysis) is 1. The molecule has 0 radical (unpaired) electrons. The number of likely N-dealkylation sites (N-methyl/N-ethyl adjacent to an activating group) is 1. The van der Waals surface area contributed by atoms with Gasteiger partial charge < -0.3 is 25.2 Å². The molecule has 1 saturated heterocycles. The molecule has 174 valence electrons. The van der Waals surface area contributed by atoms with E-state index in [1.54, 1.807) is 19.0 Å². The highest BCUT2D eigenvalue weighted by Crippen LogP contribution is 2.38. The van der Waals surface area contributed by atoms with Crippen LogP contribution >= 0.6 is 24.0 Å². The van der Waals surface area contributed by atoms with Crippen LogP contribution in [-0.2, 0) is 9.53 Å². The van der Waals surface area contributed by atoms with E-state index in [9.17, 15) is 9.59 Å². The number of carbonyl (C=O) groups is 2. The van der Waals surface area contributed by atoms with Gasteiger partial charge in [0.25, 0.3) is 0 Å². The lowest BCUT2D eigenvalue weighted by molar-refractivity contribution is -0.127. The third-order valence-electron chi connectivity index (χ3n) is 5.39. The van der Waals surface area contributed by atoms with E-state index in [0.717, 1.165) is 38.4 Å². The molecule has 0 spiro atoms. The number of amides is 2. The van der Waals surface area contributed by atoms with E-state index in [-0.39, 0.29) is 48.6 Å². The summed E-state index contributed by atoms with van der Waals surface area (Å²) in [6.07, 6.45) is 1.72. The fraction of sp³-hybridized carbons (Fsp3) is 0.857. The van der Waals surface area contributed by atoms with Gasteiger partial charge in [0.15, 0.2) is 5.96 Å². The zero-order valence-electron chi connectivity index (χ0n) is 19.5. The maximum atomic E-state index is 12.2. The highest BCUT2D eigenvalue weighted by atomic mass is 127. The maximum Gasteiger partial charge on any atom is 0.407 e. The van der Waals surface area contributed by atoms with Gasteiger partial charge in [-0.05, 0) is 45.4 Å². The minimum absolute atomic E-state index is 0. The first-order chi connectivity index (χ1) is 13.5. The molecule has 30 heavy (non-hydrogen) atoms. The molecule has 1 saturated carbocycles. The summed E-state index contributed by atoms with van der Waals surface area (Å²) in [7, 11) is 3.48. The van der Waals surface area contributed by atoms with E-state index in [0.29, 0.717) is 17.8 Å². The van der Waals surface area contributed by atoms with Crippen LogP contribution in [0.2, 0.25) is 0 Å². The molecule has 9 heteroatoms. The second kappa shape index (κ2) is 11.4. The average molecular weight is 537 g/mol. The number of carbonyl (C=O) groups excluding carboxylic acids is 2. The van der Waals surface area contributed by atoms with Gasteiger partial charge in [-0.3, -0.25) is 4.79 Å². The fourth-order valence-corrected chi connectivity index (χ4v) is 3.92. The predicted molar refractivity (Wildman–Crippen MR) is 130 cm³/mol. The Labute approximate surface area is 198 Å². The highest BCUT2D eigenvalue weighted by Gasteiger charge is 2.44. The summed E-state index contributed by atoms with van der Waals surface area (Å²) < 4.78 is 5.43. The van der Waals surface area contributed by atoms with Crippen molar-refractivity contribution in [2.45, 2.75) is 59.1 Å². The fourth-order valence-electron chi connectivity index (χ4n) is 3.92. The van der Waals surface area contributed by atoms with E-state index >= 15 is 0 Å². The molecule has 2 amide bonds. The number of nitrogens with one attached hydrogen (secondary N) is 2. The third kappa shape index (κ3) is 8.11. The smallest absolute Gasteiger partial charge is 0.407 e. The lowest BCUT2D eigenvalue weighted by Crippen LogP contribution is -2.45. The van der Waals surface area contributed by atoms with Gasteiger partial charge in [-0.15, -0.1) is 24.0 Å². The molecule has 1 aliphatic heterocycles. The Kier molecular flexibility index (Phi) is 10.2. The highest BCUT2D eigenvalue weighted by molar-refractivity contribution is 14.0. The predicted octanol–water partition coefficient (Wildman–Crippen LogP) is 2.53. The largest absolute Gasteiger partial charge is 0.444 e. The molecular formula is C21H40IN5O3. The standard InChI is InChI=1S/C21H39N5O3.HI/c1-14(2)10-22-19(23-11-18(27)25(6)7)26-12-15-8-9-17(16(15)13-26)24-20(28)29-21(3,4)5;/h14-17H,8-13H2,1-7H3,(H,22,23)(H,24,28);1H. The molecule has 0 aromatic rings. The molecule has 1 heterocycles. The van der Waals surface area contributed by atoms with E-state index in [1.807, 2.05) is 20.8 Å². The molecule has 2 rings (SSSR count). The van der Waals surface area contributed by atoms with Crippen LogP contribution in [0.4, 0.5) is 4.79 Å². The van der Waals surface area contributed by atoms with Gasteiger partial charge >= 0.3 is 6.09 Å². The Balaban J connectivity index is 0.00000450. The first-order valence-electron chi connectivity index (χ1n) is 10.7. The zero-order chi connectivity index (χ0) is 21.8. The second-order valence-corrected chi connectivity index (χ2v) is 9.86. The van der Waals surface area contributed by atoms with E-state index in [2.05, 4.69) is 34.4 Å². The summed E-state index contributed by atoms with van der Waals surface area (Å²) in [5.74, 6) is 2.15. The summed E-state index contributed by atoms with van der Waals surface area (Å²) in [5, 5.41) is 6.50. The molecule has 1 aliphatic carbocycles. The van der Waals surface area contributed by atoms with Crippen molar-refractivity contribution in [1.82, 2.24) is 20.4 Å². The zero-order valence-corrected chi connectivity index (χ0v) is 21.9. The molecule has 8 nitrogen and oxygen atoms in total. The number of halogens is 1. The van der Waals surface area contributed by atoms with Crippen LogP contribution in [0, 0.1) is 17.8 Å². The number of rotatable bonds is 5. The van der Waals surface area contributed by atoms with E-state index in [4.69, 9.17) is 4.74 Å². The summed E-state index contributed by atoms with van der Waals surface area (Å²) >= 11 is 0. The average Bonchev–Trinajstić information content (AvgIpc) is 3.14. The van der Waals surface area contributed by atoms with Crippen LogP contribution in [0.15, 0.2) is 4.99 Å². The Morgan fingerprint density at radius 3 is 2.43 bits per heavy atom. The number of fused-ring (bicyclic) bond motifs is 1. The van der Waals surface area contributed by atoms with Crippen molar-refractivity contribution in [2.24, 2.45) is 22.7 Å². The van der Waals surface area contributed by atoms with Crippen molar-refractivity contribution < 1.29 is 14.3 Å². The summed E-state index contributed by atoms with van der Waals surface area (Å²) in [5.41, 5.74) is -0.497. The van der Waals surface area contributed by atoms with Crippen molar-refractivity contribution in [3.63, 3.8) is 0 Å². The monoisotopic (exact) mass is 537 g/mol. The van der Waals surface area contributed by atoms with Gasteiger partial charge in [-0.1, -0.05) is 13.8 Å². The summed E-state index contributed by atoms with van der Waals surface area (Å²) in [4.78, 5) is 32.6. The minimum atomic E-state index is -0.497. The number of hydrogen-bond donors (Lipinski definition) is 2. The molecule has 0 bridgehead atoms. The van der Waals surface area contributed by atoms with Crippen molar-refractivity contribution in [1.29, 1.82) is 0 Å². The lowest BCUT2D eigenvalue weighted by Gasteiger charge is -2.26. The van der Waals surface area contributed by atoms with Crippen LogP contribution in [0.5, 0.6) is 0 Å². The molecule has 3 atom stereocenters. The number of hydrogen-bond acceptors (Lipinski definition) is 4. The maximum absolute atomic E-state index is 12.2. The van der Waals surface area contributed by atoms with Crippen LogP contribution < -0.4 is 10.6 Å². The molecule has 0 aromatic heterocycles. The Morgan fingerprint density at radius 2 is 1.87 bits per heavy atom. The number of aliphatic imine (C=N–C) groups is 1. The molecule has 2 N–H and O–H groups in total. The van der Waals surface area contributed by atoms with Gasteiger partial charge in [0.2, 0.25) is 5.91 Å². The second-order valence-electron chi connectivity index (χ2n) is 9.86. The third-order valence-corrected chi connectivity index (χ3v) is 5.39. The van der Waals surface area contributed by atoms with Crippen molar-refractivity contribution >= 4 is 41.9 Å². The molecule has 2 fully saturated rings. The number of guanidine groups is 1. The molecular weight excluding hydrogens is 497 g/mol. The molecule has 2 aliphatic rings. The van der Waals surface area contributed by atoms with Crippen LogP contribution in [-0.4, -0.2) is 79.7 Å². The van der Waals surface area contributed by atoms with Gasteiger partial charge in [0.1, 0.15) is 12.1 Å². The Hall–Kier alpha value is -1.26. The minimum Gasteiger partial charge on any atom is -0.444 e. The first-order valence-corrected chi connectivity index (χ1v) is 10.7. The van der Waals surface area contributed by atoms with Crippen molar-refractivity contribution in [3.05, 3.63) is 0 Å². The van der Waals surface area contributed by atoms with Gasteiger partial charge in [-0.2, -0.15) is 0 Å². The normalized spacial score (nSPS) is 23.7. The number of ether oxygens (including phenoxy) is 1. The molecule has 0 aromatic carbocycles. The number of likely N-dealkylation sites (tertiary alicyclic amines) is 1. The van der Waals surface area contributed by atoms with Crippen molar-refractivity contribution in [2.75, 3.05) is 40.3 Å². The SMILES string of the molecule is CC(C)CNC(=NCC(=O)N(C)C)N1CC2CCC(NC(=O)OC(C)(C)C)C2C1.I. The van der Waals surface area contributed by atoms with Crippen molar-refractivity contribution in [3.8, 4) is 0 Å². The number of nitrogens with zero attached hydrogens (tertiary/aromatic N) is 3. The summed E-state index contributed by atoms with van der Waals surface area (Å²) in [6, 6.07) is 0.120.